The van der Waals surface area contributed by atoms with Crippen LogP contribution >= 0.6 is 34.8 Å². The van der Waals surface area contributed by atoms with Gasteiger partial charge in [-0.2, -0.15) is 0 Å². The second kappa shape index (κ2) is 3.54. The largest absolute Gasteiger partial charge is 0.224 e. The minimum absolute atomic E-state index is 0.146. The lowest BCUT2D eigenvalue weighted by atomic mass is 10.1. The van der Waals surface area contributed by atoms with Crippen LogP contribution in [-0.4, -0.2) is 9.97 Å². The Morgan fingerprint density at radius 3 is 2.50 bits per heavy atom. The normalized spacial score (nSPS) is 10.9. The molecule has 0 amide bonds. The standard InChI is InChI=1S/C9H5Cl3N2/c1-4-2-5(10)3-6-7(4)13-9(12)14-8(6)11/h2-3H,1H3. The van der Waals surface area contributed by atoms with Crippen molar-refractivity contribution in [3.05, 3.63) is 33.2 Å². The first kappa shape index (κ1) is 9.97. The topological polar surface area (TPSA) is 25.8 Å². The van der Waals surface area contributed by atoms with Gasteiger partial charge in [0.2, 0.25) is 5.28 Å². The van der Waals surface area contributed by atoms with Crippen LogP contribution in [-0.2, 0) is 0 Å². The van der Waals surface area contributed by atoms with Crippen LogP contribution in [0.1, 0.15) is 5.56 Å². The van der Waals surface area contributed by atoms with E-state index in [1.165, 1.54) is 0 Å². The molecule has 0 fully saturated rings. The summed E-state index contributed by atoms with van der Waals surface area (Å²) < 4.78 is 0. The van der Waals surface area contributed by atoms with E-state index in [9.17, 15) is 0 Å². The average Bonchev–Trinajstić information content (AvgIpc) is 2.07. The molecular weight excluding hydrogens is 242 g/mol. The van der Waals surface area contributed by atoms with E-state index in [-0.39, 0.29) is 5.28 Å². The van der Waals surface area contributed by atoms with Crippen molar-refractivity contribution in [1.29, 1.82) is 0 Å². The summed E-state index contributed by atoms with van der Waals surface area (Å²) >= 11 is 17.5. The summed E-state index contributed by atoms with van der Waals surface area (Å²) in [6, 6.07) is 3.53. The Labute approximate surface area is 95.8 Å². The number of halogens is 3. The molecule has 0 saturated heterocycles. The number of nitrogens with zero attached hydrogens (tertiary/aromatic N) is 2. The summed E-state index contributed by atoms with van der Waals surface area (Å²) in [4.78, 5) is 7.93. The molecule has 0 aliphatic rings. The van der Waals surface area contributed by atoms with Crippen molar-refractivity contribution < 1.29 is 0 Å². The number of hydrogen-bond acceptors (Lipinski definition) is 2. The molecule has 1 aromatic carbocycles. The lowest BCUT2D eigenvalue weighted by Gasteiger charge is -2.03. The Morgan fingerprint density at radius 1 is 1.07 bits per heavy atom. The van der Waals surface area contributed by atoms with Crippen LogP contribution in [0.3, 0.4) is 0 Å². The van der Waals surface area contributed by atoms with Crippen molar-refractivity contribution in [2.45, 2.75) is 6.92 Å². The van der Waals surface area contributed by atoms with Gasteiger partial charge in [0.1, 0.15) is 5.15 Å². The van der Waals surface area contributed by atoms with Crippen molar-refractivity contribution >= 4 is 45.7 Å². The maximum Gasteiger partial charge on any atom is 0.224 e. The molecule has 0 aliphatic carbocycles. The molecule has 0 radical (unpaired) electrons. The Bertz CT molecular complexity index is 464. The third-order valence-electron chi connectivity index (χ3n) is 1.88. The lowest BCUT2D eigenvalue weighted by molar-refractivity contribution is 1.21. The Hall–Kier alpha value is -0.570. The van der Waals surface area contributed by atoms with Crippen molar-refractivity contribution in [3.8, 4) is 0 Å². The molecule has 5 heteroatoms. The molecule has 0 unspecified atom stereocenters. The summed E-state index contributed by atoms with van der Waals surface area (Å²) in [6.07, 6.45) is 0. The zero-order chi connectivity index (χ0) is 10.3. The number of hydrogen-bond donors (Lipinski definition) is 0. The highest BCUT2D eigenvalue weighted by Crippen LogP contribution is 2.27. The number of aryl methyl sites for hydroxylation is 1. The van der Waals surface area contributed by atoms with Crippen LogP contribution in [0.2, 0.25) is 15.5 Å². The third-order valence-corrected chi connectivity index (χ3v) is 2.56. The average molecular weight is 248 g/mol. The smallest absolute Gasteiger partial charge is 0.218 e. The predicted octanol–water partition coefficient (Wildman–Crippen LogP) is 3.90. The van der Waals surface area contributed by atoms with E-state index in [0.717, 1.165) is 16.5 Å². The molecule has 14 heavy (non-hydrogen) atoms. The zero-order valence-corrected chi connectivity index (χ0v) is 9.45. The molecule has 0 N–H and O–H groups in total. The molecular formula is C9H5Cl3N2. The summed E-state index contributed by atoms with van der Waals surface area (Å²) in [5.41, 5.74) is 1.66. The van der Waals surface area contributed by atoms with Gasteiger partial charge >= 0.3 is 0 Å². The van der Waals surface area contributed by atoms with Gasteiger partial charge in [0.15, 0.2) is 0 Å². The van der Waals surface area contributed by atoms with Crippen LogP contribution in [0.4, 0.5) is 0 Å². The van der Waals surface area contributed by atoms with E-state index >= 15 is 0 Å². The van der Waals surface area contributed by atoms with Crippen LogP contribution in [0, 0.1) is 6.92 Å². The minimum Gasteiger partial charge on any atom is -0.218 e. The van der Waals surface area contributed by atoms with Crippen molar-refractivity contribution in [2.75, 3.05) is 0 Å². The second-order valence-electron chi connectivity index (χ2n) is 2.90. The highest BCUT2D eigenvalue weighted by molar-refractivity contribution is 6.37. The quantitative estimate of drug-likeness (QED) is 0.521. The van der Waals surface area contributed by atoms with E-state index < -0.39 is 0 Å². The highest BCUT2D eigenvalue weighted by atomic mass is 35.5. The fourth-order valence-electron chi connectivity index (χ4n) is 1.30. The van der Waals surface area contributed by atoms with E-state index in [4.69, 9.17) is 34.8 Å². The number of fused-ring (bicyclic) bond motifs is 1. The number of benzene rings is 1. The summed E-state index contributed by atoms with van der Waals surface area (Å²) in [5, 5.41) is 1.81. The summed E-state index contributed by atoms with van der Waals surface area (Å²) in [7, 11) is 0. The van der Waals surface area contributed by atoms with Crippen LogP contribution < -0.4 is 0 Å². The van der Waals surface area contributed by atoms with Gasteiger partial charge in [-0.15, -0.1) is 0 Å². The van der Waals surface area contributed by atoms with E-state index in [2.05, 4.69) is 9.97 Å². The van der Waals surface area contributed by atoms with E-state index in [1.54, 1.807) is 6.07 Å². The van der Waals surface area contributed by atoms with Crippen molar-refractivity contribution in [3.63, 3.8) is 0 Å². The molecule has 2 aromatic rings. The summed E-state index contributed by atoms with van der Waals surface area (Å²) in [5.74, 6) is 0. The molecule has 0 saturated carbocycles. The van der Waals surface area contributed by atoms with Crippen LogP contribution in [0.5, 0.6) is 0 Å². The molecule has 1 heterocycles. The Morgan fingerprint density at radius 2 is 1.79 bits per heavy atom. The van der Waals surface area contributed by atoms with Crippen LogP contribution in [0.15, 0.2) is 12.1 Å². The summed E-state index contributed by atoms with van der Waals surface area (Å²) in [6.45, 7) is 1.90. The van der Waals surface area contributed by atoms with Gasteiger partial charge in [0, 0.05) is 10.4 Å². The Balaban J connectivity index is 2.94. The molecule has 0 aliphatic heterocycles. The first-order valence-electron chi connectivity index (χ1n) is 3.87. The fourth-order valence-corrected chi connectivity index (χ4v) is 2.01. The second-order valence-corrected chi connectivity index (χ2v) is 4.03. The maximum absolute atomic E-state index is 5.91. The molecule has 2 rings (SSSR count). The molecule has 1 aromatic heterocycles. The minimum atomic E-state index is 0.146. The fraction of sp³-hybridized carbons (Fsp3) is 0.111. The predicted molar refractivity (Wildman–Crippen MR) is 59.3 cm³/mol. The molecule has 0 atom stereocenters. The van der Waals surface area contributed by atoms with Gasteiger partial charge in [0.25, 0.3) is 0 Å². The van der Waals surface area contributed by atoms with Gasteiger partial charge in [-0.1, -0.05) is 23.2 Å². The third kappa shape index (κ3) is 1.65. The zero-order valence-electron chi connectivity index (χ0n) is 7.18. The maximum atomic E-state index is 5.91. The molecule has 0 bridgehead atoms. The monoisotopic (exact) mass is 246 g/mol. The van der Waals surface area contributed by atoms with Gasteiger partial charge < -0.3 is 0 Å². The van der Waals surface area contributed by atoms with E-state index in [1.807, 2.05) is 13.0 Å². The first-order valence-corrected chi connectivity index (χ1v) is 5.00. The van der Waals surface area contributed by atoms with Gasteiger partial charge in [0.05, 0.1) is 5.52 Å². The molecule has 0 spiro atoms. The number of aromatic nitrogens is 2. The van der Waals surface area contributed by atoms with Crippen molar-refractivity contribution in [2.24, 2.45) is 0 Å². The van der Waals surface area contributed by atoms with Gasteiger partial charge in [-0.3, -0.25) is 0 Å². The van der Waals surface area contributed by atoms with Gasteiger partial charge in [-0.25, -0.2) is 9.97 Å². The lowest BCUT2D eigenvalue weighted by Crippen LogP contribution is -1.89. The molecule has 72 valence electrons. The van der Waals surface area contributed by atoms with Crippen LogP contribution in [0.25, 0.3) is 10.9 Å². The SMILES string of the molecule is Cc1cc(Cl)cc2c(Cl)nc(Cl)nc12. The van der Waals surface area contributed by atoms with E-state index in [0.29, 0.717) is 10.2 Å². The van der Waals surface area contributed by atoms with Crippen molar-refractivity contribution in [1.82, 2.24) is 9.97 Å². The first-order chi connectivity index (χ1) is 6.58. The Kier molecular flexibility index (Phi) is 2.52. The molecule has 2 nitrogen and oxygen atoms in total. The number of rotatable bonds is 0. The van der Waals surface area contributed by atoms with Gasteiger partial charge in [-0.05, 0) is 36.2 Å². The highest BCUT2D eigenvalue weighted by Gasteiger charge is 2.07.